The number of unbranched alkanes of at least 4 members (excludes halogenated alkanes) is 2. The predicted molar refractivity (Wildman–Crippen MR) is 90.9 cm³/mol. The summed E-state index contributed by atoms with van der Waals surface area (Å²) in [4.78, 5) is 2.79. The van der Waals surface area contributed by atoms with Gasteiger partial charge in [0.2, 0.25) is 0 Å². The molecule has 0 aliphatic heterocycles. The van der Waals surface area contributed by atoms with Gasteiger partial charge in [-0.3, -0.25) is 0 Å². The van der Waals surface area contributed by atoms with Crippen molar-refractivity contribution in [1.82, 2.24) is 0 Å². The third-order valence-electron chi connectivity index (χ3n) is 3.41. The molecular formula is C16H26N2OS. The monoisotopic (exact) mass is 294 g/mol. The Hall–Kier alpha value is -1.29. The summed E-state index contributed by atoms with van der Waals surface area (Å²) in [6.07, 6.45) is 3.62. The standard InChI is InChI=1S/C16H26N2OS/c1-5-6-7-10-18(12(2)3)15-11-13(19-4)8-9-14(15)16(17)20/h8-9,11-12H,5-7,10H2,1-4H3,(H2,17,20). The van der Waals surface area contributed by atoms with Gasteiger partial charge < -0.3 is 15.4 Å². The smallest absolute Gasteiger partial charge is 0.120 e. The van der Waals surface area contributed by atoms with Gasteiger partial charge in [0.05, 0.1) is 12.8 Å². The highest BCUT2D eigenvalue weighted by molar-refractivity contribution is 7.80. The Balaban J connectivity index is 3.11. The van der Waals surface area contributed by atoms with Gasteiger partial charge in [-0.25, -0.2) is 0 Å². The molecule has 20 heavy (non-hydrogen) atoms. The highest BCUT2D eigenvalue weighted by atomic mass is 32.1. The number of nitrogens with two attached hydrogens (primary N) is 1. The number of benzene rings is 1. The van der Waals surface area contributed by atoms with E-state index in [-0.39, 0.29) is 0 Å². The van der Waals surface area contributed by atoms with E-state index in [0.717, 1.165) is 23.5 Å². The quantitative estimate of drug-likeness (QED) is 0.585. The first-order chi connectivity index (χ1) is 9.51. The predicted octanol–water partition coefficient (Wildman–Crippen LogP) is 3.73. The van der Waals surface area contributed by atoms with Crippen LogP contribution in [-0.2, 0) is 0 Å². The molecule has 2 N–H and O–H groups in total. The first-order valence-corrected chi connectivity index (χ1v) is 7.66. The first-order valence-electron chi connectivity index (χ1n) is 7.25. The minimum atomic E-state index is 0.395. The number of nitrogens with zero attached hydrogens (tertiary/aromatic N) is 1. The summed E-state index contributed by atoms with van der Waals surface area (Å²) in [5.74, 6) is 0.834. The molecule has 0 radical (unpaired) electrons. The zero-order valence-corrected chi connectivity index (χ0v) is 13.8. The van der Waals surface area contributed by atoms with Gasteiger partial charge in [0.15, 0.2) is 0 Å². The largest absolute Gasteiger partial charge is 0.497 e. The molecule has 0 saturated carbocycles. The summed E-state index contributed by atoms with van der Waals surface area (Å²) in [6, 6.07) is 6.28. The Labute approximate surface area is 128 Å². The number of anilines is 1. The summed E-state index contributed by atoms with van der Waals surface area (Å²) in [7, 11) is 1.68. The fourth-order valence-electron chi connectivity index (χ4n) is 2.27. The Morgan fingerprint density at radius 2 is 2.05 bits per heavy atom. The second kappa shape index (κ2) is 8.10. The van der Waals surface area contributed by atoms with Crippen LogP contribution in [0.1, 0.15) is 45.6 Å². The SMILES string of the molecule is CCCCCN(c1cc(OC)ccc1C(N)=S)C(C)C. The van der Waals surface area contributed by atoms with Gasteiger partial charge >= 0.3 is 0 Å². The topological polar surface area (TPSA) is 38.5 Å². The average Bonchev–Trinajstić information content (AvgIpc) is 2.42. The van der Waals surface area contributed by atoms with Gasteiger partial charge in [-0.15, -0.1) is 0 Å². The van der Waals surface area contributed by atoms with Crippen molar-refractivity contribution < 1.29 is 4.74 Å². The van der Waals surface area contributed by atoms with Crippen LogP contribution in [0.2, 0.25) is 0 Å². The molecule has 0 atom stereocenters. The Morgan fingerprint density at radius 1 is 1.35 bits per heavy atom. The van der Waals surface area contributed by atoms with E-state index >= 15 is 0 Å². The molecule has 0 saturated heterocycles. The molecule has 1 aromatic rings. The van der Waals surface area contributed by atoms with E-state index in [1.807, 2.05) is 18.2 Å². The minimum absolute atomic E-state index is 0.395. The lowest BCUT2D eigenvalue weighted by atomic mass is 10.1. The molecular weight excluding hydrogens is 268 g/mol. The maximum absolute atomic E-state index is 5.86. The lowest BCUT2D eigenvalue weighted by molar-refractivity contribution is 0.414. The fraction of sp³-hybridized carbons (Fsp3) is 0.562. The van der Waals surface area contributed by atoms with Crippen LogP contribution >= 0.6 is 12.2 Å². The van der Waals surface area contributed by atoms with E-state index < -0.39 is 0 Å². The van der Waals surface area contributed by atoms with E-state index in [1.165, 1.54) is 19.3 Å². The molecule has 0 unspecified atom stereocenters. The zero-order chi connectivity index (χ0) is 15.1. The lowest BCUT2D eigenvalue weighted by Gasteiger charge is -2.31. The first kappa shape index (κ1) is 16.8. The molecule has 0 spiro atoms. The molecule has 1 rings (SSSR count). The maximum Gasteiger partial charge on any atom is 0.120 e. The third kappa shape index (κ3) is 4.37. The van der Waals surface area contributed by atoms with Crippen molar-refractivity contribution in [3.05, 3.63) is 23.8 Å². The van der Waals surface area contributed by atoms with Crippen molar-refractivity contribution in [3.8, 4) is 5.75 Å². The number of ether oxygens (including phenoxy) is 1. The molecule has 0 aliphatic carbocycles. The number of hydrogen-bond acceptors (Lipinski definition) is 3. The molecule has 0 bridgehead atoms. The van der Waals surface area contributed by atoms with Crippen LogP contribution in [-0.4, -0.2) is 24.7 Å². The summed E-state index contributed by atoms with van der Waals surface area (Å²) < 4.78 is 5.33. The Kier molecular flexibility index (Phi) is 6.79. The van der Waals surface area contributed by atoms with Crippen LogP contribution in [0.4, 0.5) is 5.69 Å². The molecule has 0 amide bonds. The summed E-state index contributed by atoms with van der Waals surface area (Å²) in [6.45, 7) is 7.60. The van der Waals surface area contributed by atoms with Gasteiger partial charge in [-0.05, 0) is 32.4 Å². The van der Waals surface area contributed by atoms with E-state index in [1.54, 1.807) is 7.11 Å². The Bertz CT molecular complexity index is 446. The van der Waals surface area contributed by atoms with Crippen LogP contribution < -0.4 is 15.4 Å². The summed E-state index contributed by atoms with van der Waals surface area (Å²) in [5, 5.41) is 0. The molecule has 3 nitrogen and oxygen atoms in total. The van der Waals surface area contributed by atoms with E-state index in [2.05, 4.69) is 25.7 Å². The maximum atomic E-state index is 5.86. The molecule has 112 valence electrons. The normalized spacial score (nSPS) is 10.7. The van der Waals surface area contributed by atoms with Gasteiger partial charge in [-0.2, -0.15) is 0 Å². The summed E-state index contributed by atoms with van der Waals surface area (Å²) in [5.41, 5.74) is 7.86. The highest BCUT2D eigenvalue weighted by Crippen LogP contribution is 2.28. The van der Waals surface area contributed by atoms with Crippen molar-refractivity contribution in [2.45, 2.75) is 46.1 Å². The lowest BCUT2D eigenvalue weighted by Crippen LogP contribution is -2.33. The fourth-order valence-corrected chi connectivity index (χ4v) is 2.45. The van der Waals surface area contributed by atoms with Crippen molar-refractivity contribution >= 4 is 22.9 Å². The second-order valence-electron chi connectivity index (χ2n) is 5.24. The third-order valence-corrected chi connectivity index (χ3v) is 3.63. The number of methoxy groups -OCH3 is 1. The average molecular weight is 294 g/mol. The van der Waals surface area contributed by atoms with Crippen molar-refractivity contribution in [2.24, 2.45) is 5.73 Å². The van der Waals surface area contributed by atoms with Crippen molar-refractivity contribution in [2.75, 3.05) is 18.6 Å². The zero-order valence-electron chi connectivity index (χ0n) is 13.0. The van der Waals surface area contributed by atoms with Crippen LogP contribution in [0.5, 0.6) is 5.75 Å². The van der Waals surface area contributed by atoms with Crippen LogP contribution in [0, 0.1) is 0 Å². The molecule has 1 aromatic carbocycles. The van der Waals surface area contributed by atoms with Gasteiger partial charge in [0.1, 0.15) is 10.7 Å². The van der Waals surface area contributed by atoms with Crippen LogP contribution in [0.3, 0.4) is 0 Å². The van der Waals surface area contributed by atoms with E-state index in [9.17, 15) is 0 Å². The molecule has 0 heterocycles. The van der Waals surface area contributed by atoms with E-state index in [0.29, 0.717) is 11.0 Å². The van der Waals surface area contributed by atoms with Crippen molar-refractivity contribution in [1.29, 1.82) is 0 Å². The van der Waals surface area contributed by atoms with Crippen molar-refractivity contribution in [3.63, 3.8) is 0 Å². The summed E-state index contributed by atoms with van der Waals surface area (Å²) >= 11 is 5.18. The Morgan fingerprint density at radius 3 is 2.55 bits per heavy atom. The van der Waals surface area contributed by atoms with E-state index in [4.69, 9.17) is 22.7 Å². The van der Waals surface area contributed by atoms with Gasteiger partial charge in [-0.1, -0.05) is 32.0 Å². The second-order valence-corrected chi connectivity index (χ2v) is 5.68. The molecule has 0 aromatic heterocycles. The number of hydrogen-bond donors (Lipinski definition) is 1. The van der Waals surface area contributed by atoms with Gasteiger partial charge in [0, 0.05) is 24.2 Å². The number of thiocarbonyl (C=S) groups is 1. The molecule has 0 aliphatic rings. The highest BCUT2D eigenvalue weighted by Gasteiger charge is 2.16. The van der Waals surface area contributed by atoms with Gasteiger partial charge in [0.25, 0.3) is 0 Å². The minimum Gasteiger partial charge on any atom is -0.497 e. The van der Waals surface area contributed by atoms with Crippen LogP contribution in [0.15, 0.2) is 18.2 Å². The number of rotatable bonds is 8. The van der Waals surface area contributed by atoms with Crippen LogP contribution in [0.25, 0.3) is 0 Å². The molecule has 0 fully saturated rings. The molecule has 4 heteroatoms.